The molecule has 0 fully saturated rings. The van der Waals surface area contributed by atoms with Crippen molar-refractivity contribution in [1.82, 2.24) is 10.2 Å². The molecular weight excluding hydrogens is 436 g/mol. The van der Waals surface area contributed by atoms with Gasteiger partial charge in [-0.3, -0.25) is 24.1 Å². The van der Waals surface area contributed by atoms with Gasteiger partial charge in [0, 0.05) is 6.42 Å². The average molecular weight is 458 g/mol. The lowest BCUT2D eigenvalue weighted by Gasteiger charge is -2.25. The van der Waals surface area contributed by atoms with Crippen molar-refractivity contribution in [2.75, 3.05) is 6.54 Å². The largest absolute Gasteiger partial charge is 0.489 e. The van der Waals surface area contributed by atoms with Crippen LogP contribution in [0.2, 0.25) is 0 Å². The van der Waals surface area contributed by atoms with Gasteiger partial charge < -0.3 is 15.2 Å². The Labute approximate surface area is 195 Å². The summed E-state index contributed by atoms with van der Waals surface area (Å²) in [6.07, 6.45) is 0.0237. The van der Waals surface area contributed by atoms with Gasteiger partial charge >= 0.3 is 5.97 Å². The van der Waals surface area contributed by atoms with Gasteiger partial charge in [-0.1, -0.05) is 54.6 Å². The highest BCUT2D eigenvalue weighted by Gasteiger charge is 2.42. The molecule has 3 amide bonds. The molecule has 8 nitrogen and oxygen atoms in total. The highest BCUT2D eigenvalue weighted by atomic mass is 16.5. The highest BCUT2D eigenvalue weighted by molar-refractivity contribution is 6.22. The van der Waals surface area contributed by atoms with Crippen molar-refractivity contribution < 1.29 is 29.0 Å². The van der Waals surface area contributed by atoms with E-state index in [1.54, 1.807) is 36.4 Å². The van der Waals surface area contributed by atoms with E-state index >= 15 is 0 Å². The Hall–Kier alpha value is -4.46. The van der Waals surface area contributed by atoms with Crippen LogP contribution in [0.25, 0.3) is 0 Å². The van der Waals surface area contributed by atoms with Crippen LogP contribution in [0, 0.1) is 0 Å². The van der Waals surface area contributed by atoms with Crippen LogP contribution in [0.1, 0.15) is 31.8 Å². The molecule has 2 N–H and O–H groups in total. The lowest BCUT2D eigenvalue weighted by Crippen LogP contribution is -2.51. The summed E-state index contributed by atoms with van der Waals surface area (Å²) in [5.41, 5.74) is 2.13. The number of amides is 3. The minimum Gasteiger partial charge on any atom is -0.489 e. The van der Waals surface area contributed by atoms with Crippen molar-refractivity contribution >= 4 is 23.7 Å². The molecule has 0 aliphatic carbocycles. The summed E-state index contributed by atoms with van der Waals surface area (Å²) in [7, 11) is 0. The second-order valence-electron chi connectivity index (χ2n) is 7.78. The zero-order chi connectivity index (χ0) is 24.1. The maximum absolute atomic E-state index is 12.9. The van der Waals surface area contributed by atoms with Gasteiger partial charge in [0.1, 0.15) is 24.9 Å². The van der Waals surface area contributed by atoms with Crippen molar-refractivity contribution in [3.63, 3.8) is 0 Å². The number of carbonyl (C=O) groups excluding carboxylic acids is 3. The first-order valence-electron chi connectivity index (χ1n) is 10.7. The third-order valence-electron chi connectivity index (χ3n) is 5.45. The van der Waals surface area contributed by atoms with Gasteiger partial charge in [0.15, 0.2) is 0 Å². The smallest absolute Gasteiger partial charge is 0.322 e. The van der Waals surface area contributed by atoms with Crippen molar-refractivity contribution in [1.29, 1.82) is 0 Å². The van der Waals surface area contributed by atoms with Crippen LogP contribution in [-0.2, 0) is 22.6 Å². The van der Waals surface area contributed by atoms with Crippen molar-refractivity contribution in [3.8, 4) is 5.75 Å². The van der Waals surface area contributed by atoms with Crippen LogP contribution in [-0.4, -0.2) is 46.3 Å². The molecule has 0 bridgehead atoms. The molecule has 1 heterocycles. The van der Waals surface area contributed by atoms with Crippen LogP contribution in [0.3, 0.4) is 0 Å². The summed E-state index contributed by atoms with van der Waals surface area (Å²) >= 11 is 0. The average Bonchev–Trinajstić information content (AvgIpc) is 3.11. The molecule has 1 aliphatic rings. The lowest BCUT2D eigenvalue weighted by atomic mass is 10.0. The molecule has 8 heteroatoms. The summed E-state index contributed by atoms with van der Waals surface area (Å²) in [4.78, 5) is 50.6. The second kappa shape index (κ2) is 9.99. The maximum atomic E-state index is 12.9. The number of hydrogen-bond donors (Lipinski definition) is 2. The molecule has 0 saturated carbocycles. The Morgan fingerprint density at radius 3 is 2.00 bits per heavy atom. The van der Waals surface area contributed by atoms with E-state index < -0.39 is 36.3 Å². The number of nitrogens with zero attached hydrogens (tertiary/aromatic N) is 1. The summed E-state index contributed by atoms with van der Waals surface area (Å²) in [6.45, 7) is -0.222. The Morgan fingerprint density at radius 1 is 0.824 bits per heavy atom. The molecule has 0 saturated heterocycles. The van der Waals surface area contributed by atoms with Crippen molar-refractivity contribution in [2.24, 2.45) is 0 Å². The summed E-state index contributed by atoms with van der Waals surface area (Å²) in [6, 6.07) is 21.8. The molecule has 0 spiro atoms. The van der Waals surface area contributed by atoms with Crippen LogP contribution < -0.4 is 10.1 Å². The predicted octanol–water partition coefficient (Wildman–Crippen LogP) is 2.67. The first-order chi connectivity index (χ1) is 16.4. The molecule has 0 aromatic heterocycles. The van der Waals surface area contributed by atoms with Gasteiger partial charge in [-0.25, -0.2) is 0 Å². The molecule has 3 aromatic carbocycles. The fraction of sp³-hybridized carbons (Fsp3) is 0.154. The number of ether oxygens (including phenoxy) is 1. The van der Waals surface area contributed by atoms with Gasteiger partial charge in [-0.15, -0.1) is 0 Å². The summed E-state index contributed by atoms with van der Waals surface area (Å²) in [5.74, 6) is -2.49. The number of nitrogens with one attached hydrogen (secondary N) is 1. The number of rotatable bonds is 9. The molecule has 0 radical (unpaired) electrons. The fourth-order valence-corrected chi connectivity index (χ4v) is 3.76. The summed E-state index contributed by atoms with van der Waals surface area (Å²) in [5, 5.41) is 11.2. The normalized spacial score (nSPS) is 13.4. The van der Waals surface area contributed by atoms with E-state index in [4.69, 9.17) is 9.84 Å². The molecule has 4 rings (SSSR count). The zero-order valence-corrected chi connectivity index (χ0v) is 18.1. The number of carboxylic acids is 1. The maximum Gasteiger partial charge on any atom is 0.322 e. The van der Waals surface area contributed by atoms with Gasteiger partial charge in [-0.05, 0) is 35.4 Å². The predicted molar refractivity (Wildman–Crippen MR) is 122 cm³/mol. The van der Waals surface area contributed by atoms with E-state index in [0.717, 1.165) is 10.5 Å². The van der Waals surface area contributed by atoms with Gasteiger partial charge in [0.2, 0.25) is 5.91 Å². The monoisotopic (exact) mass is 458 g/mol. The summed E-state index contributed by atoms with van der Waals surface area (Å²) < 4.78 is 5.78. The van der Waals surface area contributed by atoms with Crippen molar-refractivity contribution in [3.05, 3.63) is 101 Å². The number of aliphatic carboxylic acids is 1. The Bertz CT molecular complexity index is 1190. The van der Waals surface area contributed by atoms with Crippen LogP contribution >= 0.6 is 0 Å². The Balaban J connectivity index is 1.52. The van der Waals surface area contributed by atoms with E-state index in [1.807, 2.05) is 30.3 Å². The van der Waals surface area contributed by atoms with E-state index in [0.29, 0.717) is 17.9 Å². The number of fused-ring (bicyclic) bond motifs is 1. The number of carbonyl (C=O) groups is 4. The van der Waals surface area contributed by atoms with Crippen LogP contribution in [0.15, 0.2) is 78.9 Å². The van der Waals surface area contributed by atoms with Crippen molar-refractivity contribution in [2.45, 2.75) is 19.1 Å². The van der Waals surface area contributed by atoms with E-state index in [9.17, 15) is 19.2 Å². The molecule has 1 unspecified atom stereocenters. The molecule has 172 valence electrons. The standard InChI is InChI=1S/C26H22N2O6/c29-23(30)15-27-24(31)22(28-25(32)20-8-4-5-9-21(20)26(28)33)14-17-10-12-19(13-11-17)34-16-18-6-2-1-3-7-18/h1-13,22H,14-16H2,(H,27,31)(H,29,30). The van der Waals surface area contributed by atoms with Gasteiger partial charge in [-0.2, -0.15) is 0 Å². The van der Waals surface area contributed by atoms with Gasteiger partial charge in [0.05, 0.1) is 11.1 Å². The minimum atomic E-state index is -1.23. The Morgan fingerprint density at radius 2 is 1.41 bits per heavy atom. The van der Waals surface area contributed by atoms with Crippen LogP contribution in [0.5, 0.6) is 5.75 Å². The Kier molecular flexibility index (Phi) is 6.68. The number of carboxylic acid groups (broad SMARTS) is 1. The molecule has 1 aliphatic heterocycles. The first-order valence-corrected chi connectivity index (χ1v) is 10.7. The highest BCUT2D eigenvalue weighted by Crippen LogP contribution is 2.26. The first kappa shape index (κ1) is 22.7. The number of hydrogen-bond acceptors (Lipinski definition) is 5. The third kappa shape index (κ3) is 4.96. The molecule has 34 heavy (non-hydrogen) atoms. The van der Waals surface area contributed by atoms with Gasteiger partial charge in [0.25, 0.3) is 11.8 Å². The quantitative estimate of drug-likeness (QED) is 0.477. The zero-order valence-electron chi connectivity index (χ0n) is 18.1. The molecule has 1 atom stereocenters. The van der Waals surface area contributed by atoms with E-state index in [1.165, 1.54) is 12.1 Å². The topological polar surface area (TPSA) is 113 Å². The molecule has 3 aromatic rings. The number of benzene rings is 3. The second-order valence-corrected chi connectivity index (χ2v) is 7.78. The van der Waals surface area contributed by atoms with E-state index in [2.05, 4.69) is 5.32 Å². The lowest BCUT2D eigenvalue weighted by molar-refractivity contribution is -0.138. The van der Waals surface area contributed by atoms with E-state index in [-0.39, 0.29) is 17.5 Å². The third-order valence-corrected chi connectivity index (χ3v) is 5.45. The SMILES string of the molecule is O=C(O)CNC(=O)C(Cc1ccc(OCc2ccccc2)cc1)N1C(=O)c2ccccc2C1=O. The minimum absolute atomic E-state index is 0.0237. The van der Waals surface area contributed by atoms with Crippen LogP contribution in [0.4, 0.5) is 0 Å². The number of imide groups is 1. The fourth-order valence-electron chi connectivity index (χ4n) is 3.76. The molecular formula is C26H22N2O6.